The number of hydrogen-bond donors (Lipinski definition) is 2. The molecule has 0 fully saturated rings. The highest BCUT2D eigenvalue weighted by atomic mass is 16.3. The molecule has 0 saturated carbocycles. The average molecular weight is 313 g/mol. The van der Waals surface area contributed by atoms with Gasteiger partial charge in [0.05, 0.1) is 6.04 Å². The number of fused-ring (bicyclic) bond motifs is 4. The van der Waals surface area contributed by atoms with Crippen molar-refractivity contribution in [3.8, 4) is 5.75 Å². The molecule has 24 heavy (non-hydrogen) atoms. The summed E-state index contributed by atoms with van der Waals surface area (Å²) in [5.41, 5.74) is 3.58. The normalized spacial score (nSPS) is 24.4. The van der Waals surface area contributed by atoms with Crippen molar-refractivity contribution in [3.63, 3.8) is 0 Å². The predicted octanol–water partition coefficient (Wildman–Crippen LogP) is 5.37. The minimum absolute atomic E-state index is 0.117. The number of phenolic OH excluding ortho intramolecular Hbond substituents is 1. The van der Waals surface area contributed by atoms with E-state index in [1.807, 2.05) is 24.3 Å². The van der Waals surface area contributed by atoms with Gasteiger partial charge in [0.25, 0.3) is 0 Å². The lowest BCUT2D eigenvalue weighted by Gasteiger charge is -2.38. The van der Waals surface area contributed by atoms with E-state index in [9.17, 15) is 5.11 Å². The molecule has 3 unspecified atom stereocenters. The zero-order valence-electron chi connectivity index (χ0n) is 13.3. The van der Waals surface area contributed by atoms with Gasteiger partial charge in [-0.25, -0.2) is 0 Å². The van der Waals surface area contributed by atoms with E-state index in [4.69, 9.17) is 0 Å². The molecule has 2 nitrogen and oxygen atoms in total. The lowest BCUT2D eigenvalue weighted by atomic mass is 9.76. The van der Waals surface area contributed by atoms with Gasteiger partial charge < -0.3 is 10.4 Å². The number of rotatable bonds is 1. The molecule has 5 rings (SSSR count). The summed E-state index contributed by atoms with van der Waals surface area (Å²) in [5, 5.41) is 16.7. The molecule has 0 aromatic heterocycles. The number of benzene rings is 3. The van der Waals surface area contributed by atoms with Gasteiger partial charge in [-0.05, 0) is 40.8 Å². The molecule has 0 radical (unpaired) electrons. The zero-order chi connectivity index (χ0) is 16.1. The SMILES string of the molecule is Oc1ccc2ccccc2c1C1Nc2ccccc2C2C=CCC21. The molecule has 2 heteroatoms. The molecule has 2 N–H and O–H groups in total. The molecule has 2 aliphatic rings. The zero-order valence-corrected chi connectivity index (χ0v) is 13.3. The van der Waals surface area contributed by atoms with Crippen LogP contribution in [0, 0.1) is 5.92 Å². The monoisotopic (exact) mass is 313 g/mol. The van der Waals surface area contributed by atoms with Gasteiger partial charge in [0.15, 0.2) is 0 Å². The first-order valence-electron chi connectivity index (χ1n) is 8.55. The van der Waals surface area contributed by atoms with E-state index in [-0.39, 0.29) is 6.04 Å². The highest BCUT2D eigenvalue weighted by Gasteiger charge is 2.39. The Morgan fingerprint density at radius 1 is 0.917 bits per heavy atom. The van der Waals surface area contributed by atoms with Gasteiger partial charge in [-0.1, -0.05) is 60.7 Å². The first kappa shape index (κ1) is 13.7. The standard InChI is InChI=1S/C22H19NO/c24-20-13-12-14-6-1-2-7-15(14)21(20)22-18-10-5-9-16(18)17-8-3-4-11-19(17)23-22/h1-9,11-13,16,18,22-24H,10H2. The van der Waals surface area contributed by atoms with Gasteiger partial charge in [0, 0.05) is 17.2 Å². The lowest BCUT2D eigenvalue weighted by Crippen LogP contribution is -2.29. The summed E-state index contributed by atoms with van der Waals surface area (Å²) >= 11 is 0. The summed E-state index contributed by atoms with van der Waals surface area (Å²) in [5.74, 6) is 1.25. The summed E-state index contributed by atoms with van der Waals surface area (Å²) in [6.45, 7) is 0. The van der Waals surface area contributed by atoms with Crippen LogP contribution in [0.4, 0.5) is 5.69 Å². The van der Waals surface area contributed by atoms with Crippen molar-refractivity contribution in [1.82, 2.24) is 0 Å². The van der Waals surface area contributed by atoms with Crippen LogP contribution in [-0.2, 0) is 0 Å². The van der Waals surface area contributed by atoms with E-state index in [0.29, 0.717) is 17.6 Å². The molecule has 3 aromatic rings. The van der Waals surface area contributed by atoms with E-state index in [1.54, 1.807) is 0 Å². The van der Waals surface area contributed by atoms with Crippen LogP contribution in [0.5, 0.6) is 5.75 Å². The Kier molecular flexibility index (Phi) is 2.93. The molecule has 1 aliphatic heterocycles. The first-order valence-corrected chi connectivity index (χ1v) is 8.55. The second-order valence-electron chi connectivity index (χ2n) is 6.78. The second kappa shape index (κ2) is 5.13. The van der Waals surface area contributed by atoms with Crippen molar-refractivity contribution in [2.45, 2.75) is 18.4 Å². The number of nitrogens with one attached hydrogen (secondary N) is 1. The van der Waals surface area contributed by atoms with Crippen LogP contribution < -0.4 is 5.32 Å². The van der Waals surface area contributed by atoms with E-state index >= 15 is 0 Å². The van der Waals surface area contributed by atoms with E-state index < -0.39 is 0 Å². The van der Waals surface area contributed by atoms with Crippen molar-refractivity contribution >= 4 is 16.5 Å². The molecule has 3 atom stereocenters. The van der Waals surface area contributed by atoms with Crippen molar-refractivity contribution < 1.29 is 5.11 Å². The van der Waals surface area contributed by atoms with Gasteiger partial charge in [0.2, 0.25) is 0 Å². The fraction of sp³-hybridized carbons (Fsp3) is 0.182. The molecular weight excluding hydrogens is 294 g/mol. The van der Waals surface area contributed by atoms with E-state index in [0.717, 1.165) is 17.4 Å². The summed E-state index contributed by atoms with van der Waals surface area (Å²) in [7, 11) is 0. The van der Waals surface area contributed by atoms with Gasteiger partial charge in [-0.3, -0.25) is 0 Å². The Labute approximate surface area is 141 Å². The van der Waals surface area contributed by atoms with Gasteiger partial charge in [0.1, 0.15) is 5.75 Å². The molecule has 0 saturated heterocycles. The maximum atomic E-state index is 10.7. The summed E-state index contributed by atoms with van der Waals surface area (Å²) in [4.78, 5) is 0. The average Bonchev–Trinajstić information content (AvgIpc) is 3.11. The smallest absolute Gasteiger partial charge is 0.121 e. The van der Waals surface area contributed by atoms with Crippen LogP contribution in [0.1, 0.15) is 29.5 Å². The van der Waals surface area contributed by atoms with E-state index in [2.05, 4.69) is 53.9 Å². The van der Waals surface area contributed by atoms with Gasteiger partial charge in [-0.15, -0.1) is 0 Å². The third-order valence-electron chi connectivity index (χ3n) is 5.53. The summed E-state index contributed by atoms with van der Waals surface area (Å²) < 4.78 is 0. The van der Waals surface area contributed by atoms with Crippen molar-refractivity contribution in [3.05, 3.63) is 83.9 Å². The highest BCUT2D eigenvalue weighted by molar-refractivity contribution is 5.88. The Bertz CT molecular complexity index is 959. The van der Waals surface area contributed by atoms with Crippen LogP contribution in [-0.4, -0.2) is 5.11 Å². The molecule has 118 valence electrons. The molecule has 0 bridgehead atoms. The van der Waals surface area contributed by atoms with Crippen LogP contribution in [0.2, 0.25) is 0 Å². The fourth-order valence-electron chi connectivity index (χ4n) is 4.44. The minimum Gasteiger partial charge on any atom is -0.508 e. The Morgan fingerprint density at radius 2 is 1.75 bits per heavy atom. The molecule has 1 aliphatic carbocycles. The number of para-hydroxylation sites is 1. The molecule has 0 spiro atoms. The Balaban J connectivity index is 1.72. The first-order chi connectivity index (χ1) is 11.8. The van der Waals surface area contributed by atoms with E-state index in [1.165, 1.54) is 16.6 Å². The number of allylic oxidation sites excluding steroid dienone is 2. The summed E-state index contributed by atoms with van der Waals surface area (Å²) in [6, 6.07) is 20.8. The van der Waals surface area contributed by atoms with Gasteiger partial charge in [-0.2, -0.15) is 0 Å². The van der Waals surface area contributed by atoms with Crippen molar-refractivity contribution in [1.29, 1.82) is 0 Å². The maximum absolute atomic E-state index is 10.7. The third kappa shape index (κ3) is 1.89. The third-order valence-corrected chi connectivity index (χ3v) is 5.53. The van der Waals surface area contributed by atoms with Crippen LogP contribution in [0.15, 0.2) is 72.8 Å². The molecule has 1 heterocycles. The molecule has 0 amide bonds. The Hall–Kier alpha value is -2.74. The minimum atomic E-state index is 0.117. The maximum Gasteiger partial charge on any atom is 0.121 e. The van der Waals surface area contributed by atoms with Crippen molar-refractivity contribution in [2.75, 3.05) is 5.32 Å². The lowest BCUT2D eigenvalue weighted by molar-refractivity contribution is 0.405. The molecule has 3 aromatic carbocycles. The number of aromatic hydroxyl groups is 1. The highest BCUT2D eigenvalue weighted by Crippen LogP contribution is 2.52. The Morgan fingerprint density at radius 3 is 2.71 bits per heavy atom. The number of hydrogen-bond acceptors (Lipinski definition) is 2. The molecular formula is C22H19NO. The van der Waals surface area contributed by atoms with Crippen molar-refractivity contribution in [2.24, 2.45) is 5.92 Å². The topological polar surface area (TPSA) is 32.3 Å². The summed E-state index contributed by atoms with van der Waals surface area (Å²) in [6.07, 6.45) is 5.66. The quantitative estimate of drug-likeness (QED) is 0.592. The number of anilines is 1. The largest absolute Gasteiger partial charge is 0.508 e. The number of phenols is 1. The van der Waals surface area contributed by atoms with Gasteiger partial charge >= 0.3 is 0 Å². The fourth-order valence-corrected chi connectivity index (χ4v) is 4.44. The van der Waals surface area contributed by atoms with Crippen LogP contribution in [0.25, 0.3) is 10.8 Å². The van der Waals surface area contributed by atoms with Crippen LogP contribution in [0.3, 0.4) is 0 Å². The second-order valence-corrected chi connectivity index (χ2v) is 6.78. The van der Waals surface area contributed by atoms with Crippen LogP contribution >= 0.6 is 0 Å². The predicted molar refractivity (Wildman–Crippen MR) is 98.4 cm³/mol.